The Morgan fingerprint density at radius 3 is 0.753 bits per heavy atom. The molecule has 0 aliphatic rings. The van der Waals surface area contributed by atoms with Crippen molar-refractivity contribution in [3.05, 3.63) is 235 Å². The molecule has 0 N–H and O–H groups in total. The Morgan fingerprint density at radius 1 is 0.284 bits per heavy atom. The van der Waals surface area contributed by atoms with Gasteiger partial charge in [0.2, 0.25) is 5.82 Å². The molecule has 12 rings (SSSR count). The van der Waals surface area contributed by atoms with Crippen molar-refractivity contribution in [3.63, 3.8) is 0 Å². The number of hydrogen-bond donors (Lipinski definition) is 0. The van der Waals surface area contributed by atoms with Gasteiger partial charge in [0, 0.05) is 21.5 Å². The van der Waals surface area contributed by atoms with Gasteiger partial charge in [0.15, 0.2) is 23.3 Å². The predicted molar refractivity (Wildman–Crippen MR) is 324 cm³/mol. The lowest BCUT2D eigenvalue weighted by Crippen LogP contribution is -2.08. The molecule has 0 bridgehead atoms. The van der Waals surface area contributed by atoms with Crippen LogP contribution in [0.15, 0.2) is 133 Å². The normalized spacial score (nSPS) is 11.8. The summed E-state index contributed by atoms with van der Waals surface area (Å²) in [5.74, 6) is -10.4. The first-order valence-electron chi connectivity index (χ1n) is 27.2. The van der Waals surface area contributed by atoms with Crippen molar-refractivity contribution < 1.29 is 22.0 Å². The molecule has 81 heavy (non-hydrogen) atoms. The van der Waals surface area contributed by atoms with Crippen molar-refractivity contribution in [2.75, 3.05) is 0 Å². The Bertz CT molecular complexity index is 4180. The third kappa shape index (κ3) is 8.35. The first-order chi connectivity index (χ1) is 38.6. The smallest absolute Gasteiger partial charge is 0.200 e. The molecular weight excluding hydrogens is 1010 g/mol. The van der Waals surface area contributed by atoms with Crippen LogP contribution in [0.1, 0.15) is 72.3 Å². The molecule has 2 aromatic heterocycles. The molecule has 12 aromatic rings. The number of rotatable bonds is 7. The molecular formula is C73H58F5N3. The molecule has 0 fully saturated rings. The number of nitriles is 1. The molecule has 3 nitrogen and oxygen atoms in total. The van der Waals surface area contributed by atoms with Crippen LogP contribution in [-0.4, -0.2) is 9.13 Å². The lowest BCUT2D eigenvalue weighted by molar-refractivity contribution is 0.381. The Labute approximate surface area is 468 Å². The van der Waals surface area contributed by atoms with Crippen molar-refractivity contribution in [1.82, 2.24) is 9.13 Å². The minimum Gasteiger partial charge on any atom is -0.308 e. The number of fused-ring (bicyclic) bond motifs is 6. The standard InChI is InChI=1S/C73H58F5N3/c1-36-21-40(5)64(41(6)22-36)48-13-17-58-53(29-48)54-30-49(65-42(7)23-37(2)24-43(65)8)14-18-59(54)80(58)62-33-52(68-69(74)71(76)73(78)72(77)70(68)75)34-63(57(62)35-79)81-60-19-15-50(66-44(9)25-38(3)26-45(66)10)31-55(60)56-32-51(16-20-61(56)81)67-46(11)27-39(4)28-47(67)12/h13-34H,1-12H3. The monoisotopic (exact) mass is 1070 g/mol. The first kappa shape index (κ1) is 52.6. The topological polar surface area (TPSA) is 33.6 Å². The lowest BCUT2D eigenvalue weighted by Gasteiger charge is -2.19. The largest absolute Gasteiger partial charge is 0.308 e. The van der Waals surface area contributed by atoms with Gasteiger partial charge in [-0.05, 0) is 238 Å². The highest BCUT2D eigenvalue weighted by molar-refractivity contribution is 6.14. The average Bonchev–Trinajstić information content (AvgIpc) is 4.13. The van der Waals surface area contributed by atoms with Crippen LogP contribution in [0, 0.1) is 124 Å². The van der Waals surface area contributed by atoms with Crippen LogP contribution in [0.5, 0.6) is 0 Å². The SMILES string of the molecule is Cc1cc(C)c(-c2ccc3c(c2)c2cc(-c4c(C)cc(C)cc4C)ccc2n3-c2cc(-c3c(F)c(F)c(F)c(F)c3F)cc(-n3c4ccc(-c5c(C)cc(C)cc5C)cc4c4cc(-c5c(C)cc(C)cc5C)ccc43)c2C#N)c(C)c1. The molecule has 0 aliphatic carbocycles. The van der Waals surface area contributed by atoms with Crippen LogP contribution in [-0.2, 0) is 0 Å². The summed E-state index contributed by atoms with van der Waals surface area (Å²) in [6, 6.07) is 47.3. The maximum absolute atomic E-state index is 16.6. The highest BCUT2D eigenvalue weighted by Gasteiger charge is 2.30. The van der Waals surface area contributed by atoms with Crippen molar-refractivity contribution in [2.45, 2.75) is 83.1 Å². The van der Waals surface area contributed by atoms with E-state index in [4.69, 9.17) is 0 Å². The molecule has 0 radical (unpaired) electrons. The van der Waals surface area contributed by atoms with Gasteiger partial charge >= 0.3 is 0 Å². The quantitative estimate of drug-likeness (QED) is 0.0890. The minimum absolute atomic E-state index is 0.104. The summed E-state index contributed by atoms with van der Waals surface area (Å²) in [4.78, 5) is 0. The Balaban J connectivity index is 1.23. The number of benzene rings is 10. The zero-order chi connectivity index (χ0) is 57.4. The summed E-state index contributed by atoms with van der Waals surface area (Å²) in [5, 5.41) is 15.2. The second-order valence-corrected chi connectivity index (χ2v) is 22.6. The van der Waals surface area contributed by atoms with Crippen LogP contribution >= 0.6 is 0 Å². The van der Waals surface area contributed by atoms with E-state index >= 15 is 17.6 Å². The Morgan fingerprint density at radius 2 is 0.519 bits per heavy atom. The van der Waals surface area contributed by atoms with Crippen molar-refractivity contribution >= 4 is 43.6 Å². The number of aryl methyl sites for hydroxylation is 12. The average molecular weight is 1070 g/mol. The fourth-order valence-electron chi connectivity index (χ4n) is 13.8. The maximum atomic E-state index is 16.6. The van der Waals surface area contributed by atoms with Gasteiger partial charge in [0.25, 0.3) is 0 Å². The highest BCUT2D eigenvalue weighted by atomic mass is 19.2. The van der Waals surface area contributed by atoms with Crippen LogP contribution < -0.4 is 0 Å². The van der Waals surface area contributed by atoms with E-state index in [1.54, 1.807) is 0 Å². The van der Waals surface area contributed by atoms with Crippen LogP contribution in [0.2, 0.25) is 0 Å². The van der Waals surface area contributed by atoms with Gasteiger partial charge in [0.1, 0.15) is 11.6 Å². The molecule has 0 amide bonds. The maximum Gasteiger partial charge on any atom is 0.200 e. The van der Waals surface area contributed by atoms with Gasteiger partial charge in [-0.3, -0.25) is 0 Å². The van der Waals surface area contributed by atoms with Crippen LogP contribution in [0.3, 0.4) is 0 Å². The third-order valence-electron chi connectivity index (χ3n) is 16.6. The van der Waals surface area contributed by atoms with Gasteiger partial charge in [0.05, 0.1) is 39.0 Å². The van der Waals surface area contributed by atoms with Gasteiger partial charge in [-0.2, -0.15) is 5.26 Å². The van der Waals surface area contributed by atoms with Gasteiger partial charge < -0.3 is 9.13 Å². The van der Waals surface area contributed by atoms with E-state index in [0.717, 1.165) is 133 Å². The molecule has 8 heteroatoms. The number of halogens is 5. The third-order valence-corrected chi connectivity index (χ3v) is 16.6. The molecule has 0 unspecified atom stereocenters. The molecule has 0 aliphatic heterocycles. The summed E-state index contributed by atoms with van der Waals surface area (Å²) in [5.41, 5.74) is 23.3. The molecule has 0 spiro atoms. The second kappa shape index (κ2) is 19.3. The summed E-state index contributed by atoms with van der Waals surface area (Å²) < 4.78 is 83.3. The van der Waals surface area contributed by atoms with Crippen molar-refractivity contribution in [1.29, 1.82) is 5.26 Å². The van der Waals surface area contributed by atoms with E-state index in [-0.39, 0.29) is 22.5 Å². The van der Waals surface area contributed by atoms with E-state index in [0.29, 0.717) is 22.1 Å². The highest BCUT2D eigenvalue weighted by Crippen LogP contribution is 2.46. The summed E-state index contributed by atoms with van der Waals surface area (Å²) in [6.07, 6.45) is 0. The Kier molecular flexibility index (Phi) is 12.6. The van der Waals surface area contributed by atoms with Crippen molar-refractivity contribution in [3.8, 4) is 73.1 Å². The number of nitrogens with zero attached hydrogens (tertiary/aromatic N) is 3. The number of hydrogen-bond acceptors (Lipinski definition) is 1. The minimum atomic E-state index is -2.26. The second-order valence-electron chi connectivity index (χ2n) is 22.6. The fourth-order valence-corrected chi connectivity index (χ4v) is 13.8. The van der Waals surface area contributed by atoms with Crippen LogP contribution in [0.4, 0.5) is 22.0 Å². The molecule has 0 saturated carbocycles. The predicted octanol–water partition coefficient (Wildman–Crippen LogP) is 20.5. The lowest BCUT2D eigenvalue weighted by atomic mass is 9.91. The first-order valence-corrected chi connectivity index (χ1v) is 27.2. The summed E-state index contributed by atoms with van der Waals surface area (Å²) in [7, 11) is 0. The van der Waals surface area contributed by atoms with E-state index in [9.17, 15) is 9.65 Å². The summed E-state index contributed by atoms with van der Waals surface area (Å²) >= 11 is 0. The summed E-state index contributed by atoms with van der Waals surface area (Å²) in [6.45, 7) is 25.1. The molecule has 400 valence electrons. The fraction of sp³-hybridized carbons (Fsp3) is 0.164. The van der Waals surface area contributed by atoms with E-state index < -0.39 is 34.6 Å². The zero-order valence-electron chi connectivity index (χ0n) is 47.4. The molecule has 0 saturated heterocycles. The number of aromatic nitrogens is 2. The van der Waals surface area contributed by atoms with Gasteiger partial charge in [-0.15, -0.1) is 0 Å². The molecule has 10 aromatic carbocycles. The van der Waals surface area contributed by atoms with Crippen LogP contribution in [0.25, 0.3) is 111 Å². The van der Waals surface area contributed by atoms with Gasteiger partial charge in [-0.1, -0.05) is 95.1 Å². The molecule has 2 heterocycles. The Hall–Kier alpha value is -9.06. The van der Waals surface area contributed by atoms with E-state index in [1.165, 1.54) is 12.1 Å². The molecule has 0 atom stereocenters. The van der Waals surface area contributed by atoms with E-state index in [1.807, 2.05) is 57.7 Å². The zero-order valence-corrected chi connectivity index (χ0v) is 47.4. The van der Waals surface area contributed by atoms with Gasteiger partial charge in [-0.25, -0.2) is 22.0 Å². The van der Waals surface area contributed by atoms with E-state index in [2.05, 4.69) is 162 Å². The van der Waals surface area contributed by atoms with Crippen molar-refractivity contribution in [2.24, 2.45) is 0 Å².